The van der Waals surface area contributed by atoms with Crippen LogP contribution >= 0.6 is 0 Å². The van der Waals surface area contributed by atoms with E-state index in [0.29, 0.717) is 11.5 Å². The Morgan fingerprint density at radius 2 is 1.88 bits per heavy atom. The maximum atomic E-state index is 12.3. The van der Waals surface area contributed by atoms with Crippen LogP contribution in [0.4, 0.5) is 0 Å². The molecule has 0 amide bonds. The van der Waals surface area contributed by atoms with Gasteiger partial charge in [-0.05, 0) is 30.0 Å². The molecule has 0 spiro atoms. The number of aliphatic imine (C=N–C) groups is 1. The van der Waals surface area contributed by atoms with Crippen molar-refractivity contribution in [2.24, 2.45) is 10.7 Å². The SMILES string of the molecule is COCC(C)NC(N)=NCCS(=O)(=O)c1ccc(C(C)(C)C)cc1. The lowest BCUT2D eigenvalue weighted by Gasteiger charge is -2.19. The van der Waals surface area contributed by atoms with Gasteiger partial charge in [-0.1, -0.05) is 32.9 Å². The number of nitrogens with zero attached hydrogens (tertiary/aromatic N) is 1. The summed E-state index contributed by atoms with van der Waals surface area (Å²) in [6, 6.07) is 7.04. The Labute approximate surface area is 145 Å². The number of methoxy groups -OCH3 is 1. The van der Waals surface area contributed by atoms with Gasteiger partial charge in [-0.25, -0.2) is 8.42 Å². The van der Waals surface area contributed by atoms with Gasteiger partial charge in [0.2, 0.25) is 0 Å². The molecule has 136 valence electrons. The van der Waals surface area contributed by atoms with E-state index in [1.54, 1.807) is 19.2 Å². The number of benzene rings is 1. The van der Waals surface area contributed by atoms with Crippen molar-refractivity contribution in [3.05, 3.63) is 29.8 Å². The molecule has 24 heavy (non-hydrogen) atoms. The van der Waals surface area contributed by atoms with Crippen LogP contribution in [-0.2, 0) is 20.0 Å². The van der Waals surface area contributed by atoms with Gasteiger partial charge >= 0.3 is 0 Å². The Bertz CT molecular complexity index is 647. The Kier molecular flexibility index (Phi) is 7.23. The van der Waals surface area contributed by atoms with Gasteiger partial charge in [0.05, 0.1) is 23.8 Å². The smallest absolute Gasteiger partial charge is 0.188 e. The van der Waals surface area contributed by atoms with Crippen molar-refractivity contribution in [3.63, 3.8) is 0 Å². The van der Waals surface area contributed by atoms with E-state index in [9.17, 15) is 8.42 Å². The number of rotatable bonds is 7. The molecule has 0 aliphatic heterocycles. The summed E-state index contributed by atoms with van der Waals surface area (Å²) in [7, 11) is -1.77. The Hall–Kier alpha value is -1.60. The van der Waals surface area contributed by atoms with Crippen LogP contribution in [0.2, 0.25) is 0 Å². The largest absolute Gasteiger partial charge is 0.383 e. The third-order valence-corrected chi connectivity index (χ3v) is 5.24. The minimum atomic E-state index is -3.37. The molecule has 0 saturated carbocycles. The van der Waals surface area contributed by atoms with Gasteiger partial charge in [0.1, 0.15) is 0 Å². The van der Waals surface area contributed by atoms with Gasteiger partial charge < -0.3 is 15.8 Å². The van der Waals surface area contributed by atoms with Crippen LogP contribution in [0.1, 0.15) is 33.3 Å². The maximum absolute atomic E-state index is 12.3. The lowest BCUT2D eigenvalue weighted by atomic mass is 9.87. The number of ether oxygens (including phenoxy) is 1. The molecule has 6 nitrogen and oxygen atoms in total. The highest BCUT2D eigenvalue weighted by atomic mass is 32.2. The number of hydrogen-bond donors (Lipinski definition) is 2. The van der Waals surface area contributed by atoms with Crippen LogP contribution in [-0.4, -0.2) is 46.4 Å². The van der Waals surface area contributed by atoms with E-state index in [0.717, 1.165) is 5.56 Å². The zero-order chi connectivity index (χ0) is 18.4. The molecule has 0 fully saturated rings. The monoisotopic (exact) mass is 355 g/mol. The van der Waals surface area contributed by atoms with Gasteiger partial charge in [-0.3, -0.25) is 4.99 Å². The predicted molar refractivity (Wildman–Crippen MR) is 98.2 cm³/mol. The van der Waals surface area contributed by atoms with Crippen molar-refractivity contribution in [2.45, 2.75) is 44.0 Å². The summed E-state index contributed by atoms with van der Waals surface area (Å²) in [6.07, 6.45) is 0. The highest BCUT2D eigenvalue weighted by Crippen LogP contribution is 2.23. The predicted octanol–water partition coefficient (Wildman–Crippen LogP) is 1.70. The minimum Gasteiger partial charge on any atom is -0.383 e. The van der Waals surface area contributed by atoms with Crippen LogP contribution in [0, 0.1) is 0 Å². The van der Waals surface area contributed by atoms with Gasteiger partial charge in [0.15, 0.2) is 15.8 Å². The molecule has 0 heterocycles. The summed E-state index contributed by atoms with van der Waals surface area (Å²) in [4.78, 5) is 4.37. The van der Waals surface area contributed by atoms with Gasteiger partial charge in [0.25, 0.3) is 0 Å². The maximum Gasteiger partial charge on any atom is 0.188 e. The van der Waals surface area contributed by atoms with Crippen LogP contribution in [0.25, 0.3) is 0 Å². The average molecular weight is 356 g/mol. The number of nitrogens with two attached hydrogens (primary N) is 1. The standard InChI is InChI=1S/C17H29N3O3S/c1-13(12-23-5)20-16(18)19-10-11-24(21,22)15-8-6-14(7-9-15)17(2,3)4/h6-9,13H,10-12H2,1-5H3,(H3,18,19,20). The molecule has 1 aromatic rings. The third-order valence-electron chi connectivity index (χ3n) is 3.53. The summed E-state index contributed by atoms with van der Waals surface area (Å²) in [5.74, 6) is 0.140. The number of nitrogens with one attached hydrogen (secondary N) is 1. The first-order chi connectivity index (χ1) is 11.1. The summed E-state index contributed by atoms with van der Waals surface area (Å²) in [6.45, 7) is 8.78. The van der Waals surface area contributed by atoms with Crippen molar-refractivity contribution >= 4 is 15.8 Å². The van der Waals surface area contributed by atoms with Gasteiger partial charge in [-0.2, -0.15) is 0 Å². The molecular formula is C17H29N3O3S. The molecule has 0 radical (unpaired) electrons. The molecule has 1 aromatic carbocycles. The van der Waals surface area contributed by atoms with Crippen LogP contribution in [0.3, 0.4) is 0 Å². The Morgan fingerprint density at radius 1 is 1.29 bits per heavy atom. The first-order valence-electron chi connectivity index (χ1n) is 7.95. The molecule has 1 atom stereocenters. The molecule has 1 rings (SSSR count). The highest BCUT2D eigenvalue weighted by molar-refractivity contribution is 7.91. The molecule has 0 aliphatic rings. The average Bonchev–Trinajstić information content (AvgIpc) is 2.46. The first kappa shape index (κ1) is 20.4. The topological polar surface area (TPSA) is 93.8 Å². The van der Waals surface area contributed by atoms with Crippen molar-refractivity contribution in [1.82, 2.24) is 5.32 Å². The van der Waals surface area contributed by atoms with Crippen molar-refractivity contribution in [1.29, 1.82) is 0 Å². The van der Waals surface area contributed by atoms with E-state index < -0.39 is 9.84 Å². The minimum absolute atomic E-state index is 0.00833. The highest BCUT2D eigenvalue weighted by Gasteiger charge is 2.17. The van der Waals surface area contributed by atoms with Crippen molar-refractivity contribution < 1.29 is 13.2 Å². The van der Waals surface area contributed by atoms with E-state index in [-0.39, 0.29) is 29.7 Å². The molecule has 0 aliphatic carbocycles. The van der Waals surface area contributed by atoms with E-state index in [1.807, 2.05) is 19.1 Å². The van der Waals surface area contributed by atoms with Gasteiger partial charge in [0, 0.05) is 13.2 Å². The molecule has 1 unspecified atom stereocenters. The fraction of sp³-hybridized carbons (Fsp3) is 0.588. The fourth-order valence-corrected chi connectivity index (χ4v) is 3.27. The zero-order valence-corrected chi connectivity index (χ0v) is 16.0. The second kappa shape index (κ2) is 8.48. The van der Waals surface area contributed by atoms with Crippen molar-refractivity contribution in [2.75, 3.05) is 26.0 Å². The summed E-state index contributed by atoms with van der Waals surface area (Å²) in [5.41, 5.74) is 6.82. The molecular weight excluding hydrogens is 326 g/mol. The molecule has 0 bridgehead atoms. The summed E-state index contributed by atoms with van der Waals surface area (Å²) >= 11 is 0. The molecule has 3 N–H and O–H groups in total. The normalized spacial score (nSPS) is 14.5. The lowest BCUT2D eigenvalue weighted by Crippen LogP contribution is -2.40. The van der Waals surface area contributed by atoms with Crippen molar-refractivity contribution in [3.8, 4) is 0 Å². The van der Waals surface area contributed by atoms with E-state index in [4.69, 9.17) is 10.5 Å². The number of sulfone groups is 1. The van der Waals surface area contributed by atoms with Gasteiger partial charge in [-0.15, -0.1) is 0 Å². The number of hydrogen-bond acceptors (Lipinski definition) is 4. The van der Waals surface area contributed by atoms with E-state index in [2.05, 4.69) is 31.1 Å². The van der Waals surface area contributed by atoms with E-state index >= 15 is 0 Å². The zero-order valence-electron chi connectivity index (χ0n) is 15.2. The number of guanidine groups is 1. The third kappa shape index (κ3) is 6.49. The fourth-order valence-electron chi connectivity index (χ4n) is 2.16. The lowest BCUT2D eigenvalue weighted by molar-refractivity contribution is 0.179. The quantitative estimate of drug-likeness (QED) is 0.573. The Balaban J connectivity index is 2.67. The van der Waals surface area contributed by atoms with Crippen LogP contribution < -0.4 is 11.1 Å². The molecule has 0 aromatic heterocycles. The summed E-state index contributed by atoms with van der Waals surface area (Å²) < 4.78 is 29.7. The summed E-state index contributed by atoms with van der Waals surface area (Å²) in [5, 5.41) is 2.94. The Morgan fingerprint density at radius 3 is 2.38 bits per heavy atom. The molecule has 0 saturated heterocycles. The second-order valence-corrected chi connectivity index (χ2v) is 8.97. The molecule has 7 heteroatoms. The first-order valence-corrected chi connectivity index (χ1v) is 9.60. The van der Waals surface area contributed by atoms with Crippen LogP contribution in [0.15, 0.2) is 34.2 Å². The van der Waals surface area contributed by atoms with Crippen LogP contribution in [0.5, 0.6) is 0 Å². The second-order valence-electron chi connectivity index (χ2n) is 6.86. The van der Waals surface area contributed by atoms with E-state index in [1.165, 1.54) is 0 Å².